The number of nitrogens with one attached hydrogen (secondary N) is 2. The molecule has 0 fully saturated rings. The van der Waals surface area contributed by atoms with Crippen LogP contribution in [0.3, 0.4) is 0 Å². The summed E-state index contributed by atoms with van der Waals surface area (Å²) in [6, 6.07) is 7.52. The molecular formula is C19H28ClIN6O. The molecule has 7 nitrogen and oxygen atoms in total. The number of aryl methyl sites for hydroxylation is 2. The summed E-state index contributed by atoms with van der Waals surface area (Å²) in [4.78, 5) is 9.26. The maximum Gasteiger partial charge on any atom is 0.191 e. The number of guanidine groups is 1. The molecule has 28 heavy (non-hydrogen) atoms. The molecule has 154 valence electrons. The van der Waals surface area contributed by atoms with Gasteiger partial charge in [-0.3, -0.25) is 0 Å². The van der Waals surface area contributed by atoms with Gasteiger partial charge >= 0.3 is 0 Å². The van der Waals surface area contributed by atoms with Gasteiger partial charge in [0, 0.05) is 18.1 Å². The Labute approximate surface area is 188 Å². The third-order valence-electron chi connectivity index (χ3n) is 4.28. The van der Waals surface area contributed by atoms with Crippen LogP contribution in [0.15, 0.2) is 29.3 Å². The molecule has 2 aromatic rings. The van der Waals surface area contributed by atoms with Crippen LogP contribution < -0.4 is 15.4 Å². The highest BCUT2D eigenvalue weighted by molar-refractivity contribution is 14.0. The molecule has 2 atom stereocenters. The van der Waals surface area contributed by atoms with E-state index < -0.39 is 0 Å². The SMILES string of the molecule is CCNC(=NCC(C)Oc1cccc(Cl)c1)NC1CCCn2nc(C)nc21.I. The Morgan fingerprint density at radius 3 is 3.04 bits per heavy atom. The smallest absolute Gasteiger partial charge is 0.191 e. The van der Waals surface area contributed by atoms with Gasteiger partial charge in [-0.2, -0.15) is 5.10 Å². The average molecular weight is 519 g/mol. The molecule has 0 saturated heterocycles. The molecule has 0 spiro atoms. The van der Waals surface area contributed by atoms with Gasteiger partial charge in [-0.25, -0.2) is 14.7 Å². The predicted molar refractivity (Wildman–Crippen MR) is 123 cm³/mol. The minimum absolute atomic E-state index is 0. The Kier molecular flexibility index (Phi) is 8.81. The molecule has 2 N–H and O–H groups in total. The number of hydrogen-bond donors (Lipinski definition) is 2. The van der Waals surface area contributed by atoms with Crippen LogP contribution in [0.1, 0.15) is 44.4 Å². The van der Waals surface area contributed by atoms with Crippen molar-refractivity contribution in [3.05, 3.63) is 40.9 Å². The third-order valence-corrected chi connectivity index (χ3v) is 4.51. The highest BCUT2D eigenvalue weighted by atomic mass is 127. The number of aliphatic imine (C=N–C) groups is 1. The number of halogens is 2. The lowest BCUT2D eigenvalue weighted by Crippen LogP contribution is -2.42. The average Bonchev–Trinajstić information content (AvgIpc) is 3.01. The molecule has 0 amide bonds. The number of hydrogen-bond acceptors (Lipinski definition) is 4. The normalized spacial score (nSPS) is 17.3. The fourth-order valence-corrected chi connectivity index (χ4v) is 3.30. The highest BCUT2D eigenvalue weighted by Gasteiger charge is 2.24. The molecular weight excluding hydrogens is 491 g/mol. The second-order valence-corrected chi connectivity index (χ2v) is 7.12. The first-order valence-electron chi connectivity index (χ1n) is 9.43. The van der Waals surface area contributed by atoms with E-state index in [0.717, 1.165) is 49.3 Å². The summed E-state index contributed by atoms with van der Waals surface area (Å²) in [6.45, 7) is 8.21. The van der Waals surface area contributed by atoms with Crippen LogP contribution in [0.5, 0.6) is 5.75 Å². The fourth-order valence-electron chi connectivity index (χ4n) is 3.12. The molecule has 2 heterocycles. The van der Waals surface area contributed by atoms with Gasteiger partial charge < -0.3 is 15.4 Å². The Balaban J connectivity index is 0.00000280. The largest absolute Gasteiger partial charge is 0.489 e. The molecule has 2 unspecified atom stereocenters. The molecule has 0 saturated carbocycles. The molecule has 0 radical (unpaired) electrons. The van der Waals surface area contributed by atoms with Gasteiger partial charge in [0.05, 0.1) is 12.6 Å². The molecule has 9 heteroatoms. The van der Waals surface area contributed by atoms with E-state index in [0.29, 0.717) is 11.6 Å². The molecule has 1 aromatic heterocycles. The summed E-state index contributed by atoms with van der Waals surface area (Å²) in [5.74, 6) is 3.30. The summed E-state index contributed by atoms with van der Waals surface area (Å²) in [6.07, 6.45) is 2.01. The van der Waals surface area contributed by atoms with Gasteiger partial charge in [0.2, 0.25) is 0 Å². The van der Waals surface area contributed by atoms with Crippen molar-refractivity contribution < 1.29 is 4.74 Å². The van der Waals surface area contributed by atoms with E-state index in [1.54, 1.807) is 0 Å². The summed E-state index contributed by atoms with van der Waals surface area (Å²) < 4.78 is 7.89. The summed E-state index contributed by atoms with van der Waals surface area (Å²) in [5.41, 5.74) is 0. The second-order valence-electron chi connectivity index (χ2n) is 6.68. The van der Waals surface area contributed by atoms with Crippen molar-refractivity contribution in [3.63, 3.8) is 0 Å². The Morgan fingerprint density at radius 2 is 2.29 bits per heavy atom. The van der Waals surface area contributed by atoms with E-state index in [1.807, 2.05) is 42.8 Å². The molecule has 1 aliphatic rings. The monoisotopic (exact) mass is 518 g/mol. The maximum atomic E-state index is 6.01. The first kappa shape index (κ1) is 22.7. The summed E-state index contributed by atoms with van der Waals surface area (Å²) in [5, 5.41) is 11.9. The van der Waals surface area contributed by atoms with E-state index in [-0.39, 0.29) is 36.1 Å². The number of fused-ring (bicyclic) bond motifs is 1. The van der Waals surface area contributed by atoms with Gasteiger partial charge in [-0.05, 0) is 51.8 Å². The van der Waals surface area contributed by atoms with Crippen molar-refractivity contribution in [2.45, 2.75) is 52.3 Å². The van der Waals surface area contributed by atoms with Crippen molar-refractivity contribution in [1.82, 2.24) is 25.4 Å². The maximum absolute atomic E-state index is 6.01. The van der Waals surface area contributed by atoms with Gasteiger partial charge in [0.1, 0.15) is 23.5 Å². The van der Waals surface area contributed by atoms with Gasteiger partial charge in [0.15, 0.2) is 5.96 Å². The van der Waals surface area contributed by atoms with E-state index in [2.05, 4.69) is 32.6 Å². The number of benzene rings is 1. The van der Waals surface area contributed by atoms with Crippen LogP contribution in [0.25, 0.3) is 0 Å². The van der Waals surface area contributed by atoms with Gasteiger partial charge in [-0.15, -0.1) is 24.0 Å². The third kappa shape index (κ3) is 6.23. The van der Waals surface area contributed by atoms with E-state index in [4.69, 9.17) is 16.3 Å². The number of nitrogens with zero attached hydrogens (tertiary/aromatic N) is 4. The molecule has 1 aliphatic heterocycles. The minimum atomic E-state index is -0.0730. The van der Waals surface area contributed by atoms with Crippen LogP contribution in [-0.2, 0) is 6.54 Å². The van der Waals surface area contributed by atoms with E-state index in [9.17, 15) is 0 Å². The van der Waals surface area contributed by atoms with Crippen LogP contribution >= 0.6 is 35.6 Å². The molecule has 1 aromatic carbocycles. The van der Waals surface area contributed by atoms with Crippen LogP contribution in [-0.4, -0.2) is 39.9 Å². The topological polar surface area (TPSA) is 76.4 Å². The summed E-state index contributed by atoms with van der Waals surface area (Å²) in [7, 11) is 0. The first-order chi connectivity index (χ1) is 13.0. The van der Waals surface area contributed by atoms with Gasteiger partial charge in [0.25, 0.3) is 0 Å². The highest BCUT2D eigenvalue weighted by Crippen LogP contribution is 2.23. The van der Waals surface area contributed by atoms with Crippen molar-refractivity contribution >= 4 is 41.5 Å². The minimum Gasteiger partial charge on any atom is -0.489 e. The quantitative estimate of drug-likeness (QED) is 0.346. The van der Waals surface area contributed by atoms with Crippen molar-refractivity contribution in [1.29, 1.82) is 0 Å². The molecule has 3 rings (SSSR count). The lowest BCUT2D eigenvalue weighted by Gasteiger charge is -2.25. The van der Waals surface area contributed by atoms with E-state index >= 15 is 0 Å². The van der Waals surface area contributed by atoms with Crippen molar-refractivity contribution in [3.8, 4) is 5.75 Å². The van der Waals surface area contributed by atoms with Crippen molar-refractivity contribution in [2.24, 2.45) is 4.99 Å². The number of aromatic nitrogens is 3. The summed E-state index contributed by atoms with van der Waals surface area (Å²) >= 11 is 6.01. The van der Waals surface area contributed by atoms with Crippen LogP contribution in [0.4, 0.5) is 0 Å². The predicted octanol–water partition coefficient (Wildman–Crippen LogP) is 3.72. The van der Waals surface area contributed by atoms with E-state index in [1.165, 1.54) is 0 Å². The zero-order chi connectivity index (χ0) is 19.2. The fraction of sp³-hybridized carbons (Fsp3) is 0.526. The number of rotatable bonds is 6. The Morgan fingerprint density at radius 1 is 1.46 bits per heavy atom. The van der Waals surface area contributed by atoms with Crippen LogP contribution in [0, 0.1) is 6.92 Å². The first-order valence-corrected chi connectivity index (χ1v) is 9.81. The van der Waals surface area contributed by atoms with Gasteiger partial charge in [-0.1, -0.05) is 17.7 Å². The second kappa shape index (κ2) is 10.8. The Hall–Kier alpha value is -1.55. The molecule has 0 aliphatic carbocycles. The lowest BCUT2D eigenvalue weighted by atomic mass is 10.1. The number of ether oxygens (including phenoxy) is 1. The zero-order valence-corrected chi connectivity index (χ0v) is 19.6. The Bertz CT molecular complexity index is 796. The molecule has 0 bridgehead atoms. The standard InChI is InChI=1S/C19H27ClN6O.HI/c1-4-21-19(22-12-13(2)27-16-8-5-7-15(20)11-16)24-17-9-6-10-26-18(17)23-14(3)25-26;/h5,7-8,11,13,17H,4,6,9-10,12H2,1-3H3,(H2,21,22,24);1H. The zero-order valence-electron chi connectivity index (χ0n) is 16.5. The van der Waals surface area contributed by atoms with Crippen molar-refractivity contribution in [2.75, 3.05) is 13.1 Å². The van der Waals surface area contributed by atoms with Crippen LogP contribution in [0.2, 0.25) is 5.02 Å². The lowest BCUT2D eigenvalue weighted by molar-refractivity contribution is 0.230.